The first-order valence-corrected chi connectivity index (χ1v) is 7.67. The van der Waals surface area contributed by atoms with Crippen LogP contribution in [-0.4, -0.2) is 63.2 Å². The molecule has 1 atom stereocenters. The topological polar surface area (TPSA) is 92.7 Å². The Bertz CT molecular complexity index is 591. The van der Waals surface area contributed by atoms with Gasteiger partial charge < -0.3 is 9.64 Å². The summed E-state index contributed by atoms with van der Waals surface area (Å²) >= 11 is 0. The van der Waals surface area contributed by atoms with Crippen LogP contribution in [0.3, 0.4) is 0 Å². The Balaban J connectivity index is 1.56. The predicted octanol–water partition coefficient (Wildman–Crippen LogP) is -0.00460. The molecule has 3 heterocycles. The van der Waals surface area contributed by atoms with Crippen LogP contribution in [0.25, 0.3) is 0 Å². The van der Waals surface area contributed by atoms with Gasteiger partial charge in [0.05, 0.1) is 6.54 Å². The lowest BCUT2D eigenvalue weighted by Crippen LogP contribution is -2.48. The van der Waals surface area contributed by atoms with E-state index in [1.54, 1.807) is 17.2 Å². The van der Waals surface area contributed by atoms with Gasteiger partial charge in [0.25, 0.3) is 0 Å². The van der Waals surface area contributed by atoms with Crippen molar-refractivity contribution in [1.29, 1.82) is 0 Å². The summed E-state index contributed by atoms with van der Waals surface area (Å²) in [4.78, 5) is 46.1. The van der Waals surface area contributed by atoms with Crippen molar-refractivity contribution in [2.24, 2.45) is 0 Å². The summed E-state index contributed by atoms with van der Waals surface area (Å²) in [5.74, 6) is -0.280. The highest BCUT2D eigenvalue weighted by Crippen LogP contribution is 2.17. The maximum absolute atomic E-state index is 12.3. The third-order valence-electron chi connectivity index (χ3n) is 4.02. The number of ether oxygens (including phenoxy) is 1. The molecule has 0 spiro atoms. The Morgan fingerprint density at radius 2 is 2.09 bits per heavy atom. The predicted molar refractivity (Wildman–Crippen MR) is 78.2 cm³/mol. The molecule has 8 heteroatoms. The number of carbonyl (C=O) groups excluding carboxylic acids is 3. The highest BCUT2D eigenvalue weighted by Gasteiger charge is 2.33. The second-order valence-electron chi connectivity index (χ2n) is 5.64. The molecule has 3 amide bonds. The number of carbonyl (C=O) groups is 3. The van der Waals surface area contributed by atoms with E-state index >= 15 is 0 Å². The van der Waals surface area contributed by atoms with Crippen molar-refractivity contribution in [3.8, 4) is 5.88 Å². The Kier molecular flexibility index (Phi) is 4.50. The van der Waals surface area contributed by atoms with Crippen LogP contribution >= 0.6 is 0 Å². The number of hydrogen-bond donors (Lipinski definition) is 0. The number of hydrogen-bond acceptors (Lipinski definition) is 6. The second kappa shape index (κ2) is 6.72. The minimum absolute atomic E-state index is 0.146. The van der Waals surface area contributed by atoms with Gasteiger partial charge in [-0.15, -0.1) is 0 Å². The minimum atomic E-state index is -0.269. The average Bonchev–Trinajstić information content (AvgIpc) is 2.88. The fourth-order valence-corrected chi connectivity index (χ4v) is 2.81. The Morgan fingerprint density at radius 1 is 1.30 bits per heavy atom. The van der Waals surface area contributed by atoms with Crippen molar-refractivity contribution < 1.29 is 19.1 Å². The van der Waals surface area contributed by atoms with Gasteiger partial charge in [0, 0.05) is 31.6 Å². The first kappa shape index (κ1) is 15.4. The van der Waals surface area contributed by atoms with Crippen molar-refractivity contribution in [1.82, 2.24) is 19.8 Å². The zero-order valence-electron chi connectivity index (χ0n) is 12.7. The molecule has 0 radical (unpaired) electrons. The van der Waals surface area contributed by atoms with Crippen LogP contribution in [0.4, 0.5) is 0 Å². The van der Waals surface area contributed by atoms with Gasteiger partial charge in [-0.3, -0.25) is 19.3 Å². The molecule has 2 saturated heterocycles. The van der Waals surface area contributed by atoms with Gasteiger partial charge in [0.2, 0.25) is 23.6 Å². The lowest BCUT2D eigenvalue weighted by Gasteiger charge is -2.33. The lowest BCUT2D eigenvalue weighted by molar-refractivity contribution is -0.146. The SMILES string of the molecule is O=C(CN1C(=O)CCC1=O)N1CCC[C@@H](Oc2ccncn2)C1. The molecule has 8 nitrogen and oxygen atoms in total. The Labute approximate surface area is 133 Å². The van der Waals surface area contributed by atoms with E-state index in [0.29, 0.717) is 19.0 Å². The van der Waals surface area contributed by atoms with Gasteiger partial charge in [-0.1, -0.05) is 0 Å². The summed E-state index contributed by atoms with van der Waals surface area (Å²) in [6, 6.07) is 1.67. The van der Waals surface area contributed by atoms with Crippen LogP contribution in [0, 0.1) is 0 Å². The smallest absolute Gasteiger partial charge is 0.242 e. The number of piperidine rings is 1. The van der Waals surface area contributed by atoms with Crippen molar-refractivity contribution >= 4 is 17.7 Å². The average molecular weight is 318 g/mol. The zero-order valence-corrected chi connectivity index (χ0v) is 12.7. The highest BCUT2D eigenvalue weighted by atomic mass is 16.5. The third kappa shape index (κ3) is 3.64. The number of amides is 3. The number of aromatic nitrogens is 2. The fraction of sp³-hybridized carbons (Fsp3) is 0.533. The van der Waals surface area contributed by atoms with Crippen LogP contribution in [0.5, 0.6) is 5.88 Å². The monoisotopic (exact) mass is 318 g/mol. The Hall–Kier alpha value is -2.51. The van der Waals surface area contributed by atoms with Crippen LogP contribution in [0.15, 0.2) is 18.6 Å². The number of likely N-dealkylation sites (tertiary alicyclic amines) is 2. The number of imide groups is 1. The largest absolute Gasteiger partial charge is 0.472 e. The maximum atomic E-state index is 12.3. The van der Waals surface area contributed by atoms with Crippen LogP contribution in [-0.2, 0) is 14.4 Å². The lowest BCUT2D eigenvalue weighted by atomic mass is 10.1. The standard InChI is InChI=1S/C15H18N4O4/c20-13-3-4-14(21)19(13)9-15(22)18-7-1-2-11(8-18)23-12-5-6-16-10-17-12/h5-6,10-11H,1-4,7-9H2/t11-/m1/s1. The molecular weight excluding hydrogens is 300 g/mol. The van der Waals surface area contributed by atoms with Crippen molar-refractivity contribution in [2.75, 3.05) is 19.6 Å². The maximum Gasteiger partial charge on any atom is 0.242 e. The zero-order chi connectivity index (χ0) is 16.2. The summed E-state index contributed by atoms with van der Waals surface area (Å²) in [6.07, 6.45) is 4.90. The summed E-state index contributed by atoms with van der Waals surface area (Å²) in [6.45, 7) is 0.871. The Morgan fingerprint density at radius 3 is 2.78 bits per heavy atom. The van der Waals surface area contributed by atoms with Crippen molar-refractivity contribution in [2.45, 2.75) is 31.8 Å². The molecule has 3 rings (SSSR count). The molecule has 1 aromatic heterocycles. The van der Waals surface area contributed by atoms with Crippen molar-refractivity contribution in [3.05, 3.63) is 18.6 Å². The molecule has 2 aliphatic rings. The van der Waals surface area contributed by atoms with E-state index < -0.39 is 0 Å². The molecule has 0 unspecified atom stereocenters. The summed E-state index contributed by atoms with van der Waals surface area (Å²) in [7, 11) is 0. The normalized spacial score (nSPS) is 21.7. The third-order valence-corrected chi connectivity index (χ3v) is 4.02. The fourth-order valence-electron chi connectivity index (χ4n) is 2.81. The van der Waals surface area contributed by atoms with E-state index in [0.717, 1.165) is 17.7 Å². The van der Waals surface area contributed by atoms with Gasteiger partial charge in [-0.05, 0) is 12.8 Å². The van der Waals surface area contributed by atoms with Gasteiger partial charge in [0.15, 0.2) is 0 Å². The van der Waals surface area contributed by atoms with E-state index in [9.17, 15) is 14.4 Å². The molecule has 0 N–H and O–H groups in total. The van der Waals surface area contributed by atoms with Crippen LogP contribution < -0.4 is 4.74 Å². The molecule has 2 fully saturated rings. The van der Waals surface area contributed by atoms with E-state index in [1.165, 1.54) is 6.33 Å². The molecular formula is C15H18N4O4. The van der Waals surface area contributed by atoms with Crippen LogP contribution in [0.2, 0.25) is 0 Å². The molecule has 122 valence electrons. The highest BCUT2D eigenvalue weighted by molar-refractivity contribution is 6.04. The number of rotatable bonds is 4. The second-order valence-corrected chi connectivity index (χ2v) is 5.64. The first-order valence-electron chi connectivity index (χ1n) is 7.67. The summed E-state index contributed by atoms with van der Waals surface area (Å²) in [5.41, 5.74) is 0. The minimum Gasteiger partial charge on any atom is -0.472 e. The number of nitrogens with zero attached hydrogens (tertiary/aromatic N) is 4. The molecule has 0 bridgehead atoms. The quantitative estimate of drug-likeness (QED) is 0.725. The van der Waals surface area contributed by atoms with E-state index in [4.69, 9.17) is 4.74 Å². The molecule has 0 aromatic carbocycles. The van der Waals surface area contributed by atoms with Gasteiger partial charge >= 0.3 is 0 Å². The van der Waals surface area contributed by atoms with E-state index in [-0.39, 0.29) is 43.2 Å². The van der Waals surface area contributed by atoms with Gasteiger partial charge in [-0.25, -0.2) is 9.97 Å². The van der Waals surface area contributed by atoms with Crippen LogP contribution in [0.1, 0.15) is 25.7 Å². The van der Waals surface area contributed by atoms with Gasteiger partial charge in [0.1, 0.15) is 19.0 Å². The van der Waals surface area contributed by atoms with E-state index in [1.807, 2.05) is 0 Å². The first-order chi connectivity index (χ1) is 11.1. The molecule has 2 aliphatic heterocycles. The summed E-state index contributed by atoms with van der Waals surface area (Å²) < 4.78 is 5.76. The summed E-state index contributed by atoms with van der Waals surface area (Å²) in [5, 5.41) is 0. The molecule has 0 aliphatic carbocycles. The van der Waals surface area contributed by atoms with E-state index in [2.05, 4.69) is 9.97 Å². The molecule has 23 heavy (non-hydrogen) atoms. The molecule has 1 aromatic rings. The van der Waals surface area contributed by atoms with Gasteiger partial charge in [-0.2, -0.15) is 0 Å². The van der Waals surface area contributed by atoms with Crippen molar-refractivity contribution in [3.63, 3.8) is 0 Å². The molecule has 0 saturated carbocycles.